The molecule has 2 aromatic heterocycles. The van der Waals surface area contributed by atoms with Crippen LogP contribution < -0.4 is 25.9 Å². The summed E-state index contributed by atoms with van der Waals surface area (Å²) in [6, 6.07) is 8.50. The second kappa shape index (κ2) is 8.53. The molecule has 0 radical (unpaired) electrons. The number of nitrogens with one attached hydrogen (secondary N) is 2. The Morgan fingerprint density at radius 3 is 2.97 bits per heavy atom. The largest absolute Gasteiger partial charge is 0.485 e. The molecule has 0 fully saturated rings. The van der Waals surface area contributed by atoms with Crippen molar-refractivity contribution in [1.29, 1.82) is 0 Å². The number of para-hydroxylation sites is 2. The first-order chi connectivity index (χ1) is 14.1. The molecule has 2 amide bonds. The van der Waals surface area contributed by atoms with E-state index in [1.807, 2.05) is 6.07 Å². The monoisotopic (exact) mass is 432 g/mol. The summed E-state index contributed by atoms with van der Waals surface area (Å²) in [7, 11) is 0. The number of nitrogens with zero attached hydrogens (tertiary/aromatic N) is 2. The lowest BCUT2D eigenvalue weighted by Gasteiger charge is -2.25. The van der Waals surface area contributed by atoms with E-state index in [4.69, 9.17) is 9.47 Å². The van der Waals surface area contributed by atoms with Gasteiger partial charge in [-0.15, -0.1) is 23.1 Å². The number of hydrogen-bond donors (Lipinski definition) is 2. The van der Waals surface area contributed by atoms with Crippen molar-refractivity contribution in [2.24, 2.45) is 0 Å². The number of carbonyl (C=O) groups excluding carboxylic acids is 2. The molecule has 11 heteroatoms. The minimum Gasteiger partial charge on any atom is -0.485 e. The summed E-state index contributed by atoms with van der Waals surface area (Å²) in [6.45, 7) is 0.0554. The van der Waals surface area contributed by atoms with E-state index < -0.39 is 12.0 Å². The lowest BCUT2D eigenvalue weighted by Crippen LogP contribution is -2.51. The van der Waals surface area contributed by atoms with Gasteiger partial charge in [0.2, 0.25) is 12.0 Å². The van der Waals surface area contributed by atoms with Gasteiger partial charge < -0.3 is 9.47 Å². The smallest absolute Gasteiger partial charge is 0.283 e. The number of fused-ring (bicyclic) bond motifs is 2. The third kappa shape index (κ3) is 4.51. The van der Waals surface area contributed by atoms with Gasteiger partial charge in [0.15, 0.2) is 16.5 Å². The second-order valence-electron chi connectivity index (χ2n) is 6.04. The lowest BCUT2D eigenvalue weighted by atomic mass is 10.2. The molecule has 0 spiro atoms. The number of aromatic nitrogens is 2. The zero-order valence-electron chi connectivity index (χ0n) is 15.0. The van der Waals surface area contributed by atoms with Crippen LogP contribution in [0, 0.1) is 0 Å². The van der Waals surface area contributed by atoms with E-state index in [0.717, 1.165) is 0 Å². The maximum Gasteiger partial charge on any atom is 0.283 e. The minimum atomic E-state index is -0.854. The van der Waals surface area contributed by atoms with E-state index in [1.165, 1.54) is 33.6 Å². The van der Waals surface area contributed by atoms with Crippen LogP contribution in [0.15, 0.2) is 46.7 Å². The van der Waals surface area contributed by atoms with Crippen LogP contribution in [0.1, 0.15) is 5.69 Å². The van der Waals surface area contributed by atoms with Crippen molar-refractivity contribution in [3.8, 4) is 11.5 Å². The number of ether oxygens (including phenoxy) is 2. The van der Waals surface area contributed by atoms with Gasteiger partial charge in [-0.05, 0) is 12.1 Å². The van der Waals surface area contributed by atoms with Crippen LogP contribution in [-0.2, 0) is 15.3 Å². The summed E-state index contributed by atoms with van der Waals surface area (Å²) in [6.07, 6.45) is 0.815. The Morgan fingerprint density at radius 1 is 1.28 bits per heavy atom. The van der Waals surface area contributed by atoms with E-state index in [2.05, 4.69) is 15.8 Å². The van der Waals surface area contributed by atoms with Gasteiger partial charge in [0, 0.05) is 23.4 Å². The lowest BCUT2D eigenvalue weighted by molar-refractivity contribution is -0.134. The molecule has 1 unspecified atom stereocenters. The SMILES string of the molecule is O=C(CSCc1cc(=O)n2ccsc2n1)NNC(=O)C1COc2ccccc2O1. The first-order valence-corrected chi connectivity index (χ1v) is 10.6. The Morgan fingerprint density at radius 2 is 2.10 bits per heavy atom. The maximum absolute atomic E-state index is 12.2. The topological polar surface area (TPSA) is 111 Å². The van der Waals surface area contributed by atoms with Gasteiger partial charge in [-0.25, -0.2) is 4.98 Å². The molecule has 4 rings (SSSR count). The standard InChI is InChI=1S/C18H16N4O5S2/c23-15(10-28-9-11-7-16(24)22-5-6-29-18(22)19-11)20-21-17(25)14-8-26-12-3-1-2-4-13(12)27-14/h1-7,14H,8-10H2,(H,20,23)(H,21,25). The highest BCUT2D eigenvalue weighted by Crippen LogP contribution is 2.30. The van der Waals surface area contributed by atoms with Crippen molar-refractivity contribution in [1.82, 2.24) is 20.2 Å². The number of hydrogen-bond acceptors (Lipinski definition) is 8. The predicted molar refractivity (Wildman–Crippen MR) is 108 cm³/mol. The number of amides is 2. The van der Waals surface area contributed by atoms with Gasteiger partial charge in [0.05, 0.1) is 11.4 Å². The number of thioether (sulfide) groups is 1. The molecule has 3 aromatic rings. The first-order valence-electron chi connectivity index (χ1n) is 8.61. The van der Waals surface area contributed by atoms with Crippen molar-refractivity contribution in [2.45, 2.75) is 11.9 Å². The van der Waals surface area contributed by atoms with Crippen LogP contribution in [0.3, 0.4) is 0 Å². The molecule has 0 bridgehead atoms. The molecule has 1 aliphatic rings. The van der Waals surface area contributed by atoms with Gasteiger partial charge in [-0.3, -0.25) is 29.6 Å². The number of benzene rings is 1. The van der Waals surface area contributed by atoms with Gasteiger partial charge in [-0.1, -0.05) is 12.1 Å². The predicted octanol–water partition coefficient (Wildman–Crippen LogP) is 0.977. The molecule has 0 aliphatic carbocycles. The molecule has 3 heterocycles. The Labute approximate surface area is 173 Å². The zero-order chi connectivity index (χ0) is 20.2. The van der Waals surface area contributed by atoms with E-state index in [9.17, 15) is 14.4 Å². The molecule has 1 atom stereocenters. The van der Waals surface area contributed by atoms with Crippen LogP contribution in [0.25, 0.3) is 4.96 Å². The quantitative estimate of drug-likeness (QED) is 0.578. The molecule has 2 N–H and O–H groups in total. The zero-order valence-corrected chi connectivity index (χ0v) is 16.6. The van der Waals surface area contributed by atoms with Crippen LogP contribution >= 0.6 is 23.1 Å². The van der Waals surface area contributed by atoms with E-state index in [-0.39, 0.29) is 23.8 Å². The van der Waals surface area contributed by atoms with Gasteiger partial charge in [0.1, 0.15) is 6.61 Å². The van der Waals surface area contributed by atoms with E-state index in [0.29, 0.717) is 27.9 Å². The molecule has 0 saturated carbocycles. The third-order valence-corrected chi connectivity index (χ3v) is 5.69. The summed E-state index contributed by atoms with van der Waals surface area (Å²) < 4.78 is 12.5. The fourth-order valence-corrected chi connectivity index (χ4v) is 4.06. The number of hydrazine groups is 1. The fourth-order valence-electron chi connectivity index (χ4n) is 2.61. The van der Waals surface area contributed by atoms with Gasteiger partial charge in [0.25, 0.3) is 11.5 Å². The molecule has 0 saturated heterocycles. The summed E-state index contributed by atoms with van der Waals surface area (Å²) in [5, 5.41) is 1.79. The first kappa shape index (κ1) is 19.3. The third-order valence-electron chi connectivity index (χ3n) is 3.97. The van der Waals surface area contributed by atoms with Gasteiger partial charge >= 0.3 is 0 Å². The van der Waals surface area contributed by atoms with E-state index >= 15 is 0 Å². The van der Waals surface area contributed by atoms with Crippen LogP contribution in [-0.4, -0.2) is 39.7 Å². The Balaban J connectivity index is 1.22. The summed E-state index contributed by atoms with van der Waals surface area (Å²) >= 11 is 2.66. The molecule has 1 aromatic carbocycles. The van der Waals surface area contributed by atoms with Crippen molar-refractivity contribution in [3.63, 3.8) is 0 Å². The second-order valence-corrected chi connectivity index (χ2v) is 7.89. The molecule has 29 heavy (non-hydrogen) atoms. The molecule has 9 nitrogen and oxygen atoms in total. The molecular formula is C18H16N4O5S2. The normalized spacial score (nSPS) is 15.1. The Kier molecular flexibility index (Phi) is 5.67. The van der Waals surface area contributed by atoms with E-state index in [1.54, 1.807) is 29.8 Å². The van der Waals surface area contributed by atoms with Crippen molar-refractivity contribution < 1.29 is 19.1 Å². The summed E-state index contributed by atoms with van der Waals surface area (Å²) in [4.78, 5) is 41.0. The van der Waals surface area contributed by atoms with Crippen molar-refractivity contribution >= 4 is 39.9 Å². The highest BCUT2D eigenvalue weighted by molar-refractivity contribution is 7.99. The highest BCUT2D eigenvalue weighted by Gasteiger charge is 2.27. The summed E-state index contributed by atoms with van der Waals surface area (Å²) in [5.74, 6) is 0.667. The molecule has 1 aliphatic heterocycles. The Bertz CT molecular complexity index is 1110. The van der Waals surface area contributed by atoms with Gasteiger partial charge in [-0.2, -0.15) is 0 Å². The van der Waals surface area contributed by atoms with Crippen LogP contribution in [0.2, 0.25) is 0 Å². The average Bonchev–Trinajstić information content (AvgIpc) is 3.21. The molecule has 150 valence electrons. The summed E-state index contributed by atoms with van der Waals surface area (Å²) in [5.41, 5.74) is 5.13. The van der Waals surface area contributed by atoms with Crippen LogP contribution in [0.5, 0.6) is 11.5 Å². The molecular weight excluding hydrogens is 416 g/mol. The van der Waals surface area contributed by atoms with Crippen molar-refractivity contribution in [3.05, 3.63) is 58.0 Å². The van der Waals surface area contributed by atoms with Crippen LogP contribution in [0.4, 0.5) is 0 Å². The minimum absolute atomic E-state index is 0.0554. The van der Waals surface area contributed by atoms with Crippen molar-refractivity contribution in [2.75, 3.05) is 12.4 Å². The number of rotatable bonds is 5. The Hall–Kier alpha value is -3.05. The average molecular weight is 432 g/mol. The number of thiazole rings is 1. The fraction of sp³-hybridized carbons (Fsp3) is 0.222. The highest BCUT2D eigenvalue weighted by atomic mass is 32.2. The maximum atomic E-state index is 12.2. The number of carbonyl (C=O) groups is 2.